The highest BCUT2D eigenvalue weighted by atomic mass is 35.5. The van der Waals surface area contributed by atoms with E-state index in [0.29, 0.717) is 10.0 Å². The molecule has 4 heteroatoms. The van der Waals surface area contributed by atoms with Crippen molar-refractivity contribution >= 4 is 34.1 Å². The molecule has 0 radical (unpaired) electrons. The van der Waals surface area contributed by atoms with Crippen LogP contribution in [0.4, 0.5) is 0 Å². The van der Waals surface area contributed by atoms with Gasteiger partial charge in [-0.2, -0.15) is 0 Å². The average Bonchev–Trinajstić information content (AvgIpc) is 2.76. The number of para-hydroxylation sites is 1. The Morgan fingerprint density at radius 2 is 1.86 bits per heavy atom. The second-order valence-corrected chi connectivity index (χ2v) is 6.28. The summed E-state index contributed by atoms with van der Waals surface area (Å²) in [7, 11) is 1.97. The molecule has 2 aromatic carbocycles. The fourth-order valence-corrected chi connectivity index (χ4v) is 3.39. The number of rotatable bonds is 4. The van der Waals surface area contributed by atoms with Crippen LogP contribution in [0.25, 0.3) is 10.9 Å². The Kier molecular flexibility index (Phi) is 4.44. The average molecular weight is 333 g/mol. The molecule has 0 saturated carbocycles. The highest BCUT2D eigenvalue weighted by Crippen LogP contribution is 2.29. The summed E-state index contributed by atoms with van der Waals surface area (Å²) >= 11 is 12.3. The lowest BCUT2D eigenvalue weighted by Gasteiger charge is -2.11. The zero-order valence-electron chi connectivity index (χ0n) is 12.7. The van der Waals surface area contributed by atoms with Crippen LogP contribution in [-0.4, -0.2) is 11.6 Å². The van der Waals surface area contributed by atoms with Gasteiger partial charge in [-0.05, 0) is 43.3 Å². The van der Waals surface area contributed by atoms with Gasteiger partial charge in [0.05, 0.1) is 0 Å². The number of nitrogens with zero attached hydrogens (tertiary/aromatic N) is 1. The molecule has 0 aliphatic rings. The second-order valence-electron chi connectivity index (χ2n) is 5.43. The number of halogens is 2. The van der Waals surface area contributed by atoms with Crippen LogP contribution in [0, 0.1) is 6.92 Å². The number of hydrogen-bond acceptors (Lipinski definition) is 1. The van der Waals surface area contributed by atoms with Gasteiger partial charge < -0.3 is 9.88 Å². The molecular weight excluding hydrogens is 315 g/mol. The highest BCUT2D eigenvalue weighted by molar-refractivity contribution is 6.35. The van der Waals surface area contributed by atoms with Crippen LogP contribution in [-0.2, 0) is 13.1 Å². The summed E-state index contributed by atoms with van der Waals surface area (Å²) in [6.07, 6.45) is 0. The summed E-state index contributed by atoms with van der Waals surface area (Å²) in [6, 6.07) is 14.2. The summed E-state index contributed by atoms with van der Waals surface area (Å²) in [5.41, 5.74) is 4.91. The molecule has 0 spiro atoms. The third-order valence-electron chi connectivity index (χ3n) is 4.06. The predicted molar refractivity (Wildman–Crippen MR) is 95.0 cm³/mol. The number of benzene rings is 2. The summed E-state index contributed by atoms with van der Waals surface area (Å²) in [5.74, 6) is 0. The molecule has 3 aromatic rings. The molecule has 0 aliphatic carbocycles. The van der Waals surface area contributed by atoms with Crippen molar-refractivity contribution in [3.8, 4) is 0 Å². The Balaban J connectivity index is 2.12. The van der Waals surface area contributed by atoms with E-state index >= 15 is 0 Å². The first-order chi connectivity index (χ1) is 10.6. The van der Waals surface area contributed by atoms with Gasteiger partial charge >= 0.3 is 0 Å². The summed E-state index contributed by atoms with van der Waals surface area (Å²) in [5, 5.41) is 5.92. The normalized spacial score (nSPS) is 11.3. The van der Waals surface area contributed by atoms with Crippen molar-refractivity contribution in [1.29, 1.82) is 0 Å². The lowest BCUT2D eigenvalue weighted by molar-refractivity contribution is 0.768. The van der Waals surface area contributed by atoms with Crippen molar-refractivity contribution < 1.29 is 0 Å². The molecular formula is C18H18Cl2N2. The second kappa shape index (κ2) is 6.33. The van der Waals surface area contributed by atoms with Crippen molar-refractivity contribution in [1.82, 2.24) is 9.88 Å². The Morgan fingerprint density at radius 1 is 1.09 bits per heavy atom. The third kappa shape index (κ3) is 2.74. The van der Waals surface area contributed by atoms with Gasteiger partial charge in [0.25, 0.3) is 0 Å². The maximum absolute atomic E-state index is 6.34. The molecule has 0 saturated heterocycles. The molecule has 22 heavy (non-hydrogen) atoms. The van der Waals surface area contributed by atoms with E-state index in [1.165, 1.54) is 22.2 Å². The molecule has 3 rings (SSSR count). The van der Waals surface area contributed by atoms with Crippen molar-refractivity contribution in [3.05, 3.63) is 69.3 Å². The standard InChI is InChI=1S/C18H18Cl2N2/c1-12-16(10-21-2)15-5-3-4-6-18(15)22(12)11-13-7-8-14(19)9-17(13)20/h3-9,21H,10-11H2,1-2H3. The fourth-order valence-electron chi connectivity index (χ4n) is 2.93. The highest BCUT2D eigenvalue weighted by Gasteiger charge is 2.14. The zero-order chi connectivity index (χ0) is 15.7. The van der Waals surface area contributed by atoms with E-state index in [9.17, 15) is 0 Å². The molecule has 0 aliphatic heterocycles. The summed E-state index contributed by atoms with van der Waals surface area (Å²) in [4.78, 5) is 0. The molecule has 1 aromatic heterocycles. The Labute approximate surface area is 140 Å². The SMILES string of the molecule is CNCc1c(C)n(Cc2ccc(Cl)cc2Cl)c2ccccc12. The number of aromatic nitrogens is 1. The number of fused-ring (bicyclic) bond motifs is 1. The van der Waals surface area contributed by atoms with Gasteiger partial charge in [-0.1, -0.05) is 47.5 Å². The van der Waals surface area contributed by atoms with Crippen LogP contribution in [0.15, 0.2) is 42.5 Å². The van der Waals surface area contributed by atoms with Gasteiger partial charge in [-0.25, -0.2) is 0 Å². The Bertz CT molecular complexity index is 821. The summed E-state index contributed by atoms with van der Waals surface area (Å²) in [6.45, 7) is 3.76. The minimum absolute atomic E-state index is 0.665. The van der Waals surface area contributed by atoms with E-state index in [-0.39, 0.29) is 0 Å². The van der Waals surface area contributed by atoms with Crippen LogP contribution in [0.5, 0.6) is 0 Å². The predicted octanol–water partition coefficient (Wildman–Crippen LogP) is 5.02. The Morgan fingerprint density at radius 3 is 2.59 bits per heavy atom. The third-order valence-corrected chi connectivity index (χ3v) is 4.65. The zero-order valence-corrected chi connectivity index (χ0v) is 14.2. The molecule has 1 heterocycles. The maximum atomic E-state index is 6.34. The lowest BCUT2D eigenvalue weighted by Crippen LogP contribution is -2.08. The largest absolute Gasteiger partial charge is 0.340 e. The molecule has 1 N–H and O–H groups in total. The first-order valence-electron chi connectivity index (χ1n) is 7.27. The molecule has 2 nitrogen and oxygen atoms in total. The molecule has 0 unspecified atom stereocenters. The lowest BCUT2D eigenvalue weighted by atomic mass is 10.1. The van der Waals surface area contributed by atoms with Gasteiger partial charge in [0.2, 0.25) is 0 Å². The quantitative estimate of drug-likeness (QED) is 0.709. The smallest absolute Gasteiger partial charge is 0.0493 e. The molecule has 0 fully saturated rings. The van der Waals surface area contributed by atoms with E-state index in [0.717, 1.165) is 18.7 Å². The molecule has 0 bridgehead atoms. The molecule has 0 amide bonds. The van der Waals surface area contributed by atoms with Crippen molar-refractivity contribution in [2.75, 3.05) is 7.05 Å². The van der Waals surface area contributed by atoms with E-state index in [1.54, 1.807) is 6.07 Å². The monoisotopic (exact) mass is 332 g/mol. The number of hydrogen-bond donors (Lipinski definition) is 1. The van der Waals surface area contributed by atoms with E-state index in [4.69, 9.17) is 23.2 Å². The van der Waals surface area contributed by atoms with Gasteiger partial charge in [0, 0.05) is 39.7 Å². The van der Waals surface area contributed by atoms with Crippen LogP contribution in [0.2, 0.25) is 10.0 Å². The van der Waals surface area contributed by atoms with E-state index in [1.807, 2.05) is 19.2 Å². The van der Waals surface area contributed by atoms with Gasteiger partial charge in [-0.3, -0.25) is 0 Å². The van der Waals surface area contributed by atoms with E-state index < -0.39 is 0 Å². The molecule has 0 atom stereocenters. The topological polar surface area (TPSA) is 17.0 Å². The van der Waals surface area contributed by atoms with Gasteiger partial charge in [0.1, 0.15) is 0 Å². The first kappa shape index (κ1) is 15.4. The number of nitrogens with one attached hydrogen (secondary N) is 1. The van der Waals surface area contributed by atoms with Crippen molar-refractivity contribution in [3.63, 3.8) is 0 Å². The van der Waals surface area contributed by atoms with Gasteiger partial charge in [-0.15, -0.1) is 0 Å². The minimum Gasteiger partial charge on any atom is -0.340 e. The van der Waals surface area contributed by atoms with Crippen LogP contribution >= 0.6 is 23.2 Å². The van der Waals surface area contributed by atoms with Crippen LogP contribution in [0.3, 0.4) is 0 Å². The first-order valence-corrected chi connectivity index (χ1v) is 8.02. The van der Waals surface area contributed by atoms with Crippen LogP contribution < -0.4 is 5.32 Å². The van der Waals surface area contributed by atoms with Crippen LogP contribution in [0.1, 0.15) is 16.8 Å². The van der Waals surface area contributed by atoms with E-state index in [2.05, 4.69) is 41.1 Å². The summed E-state index contributed by atoms with van der Waals surface area (Å²) < 4.78 is 2.32. The minimum atomic E-state index is 0.665. The van der Waals surface area contributed by atoms with Crippen molar-refractivity contribution in [2.45, 2.75) is 20.0 Å². The Hall–Kier alpha value is -1.48. The van der Waals surface area contributed by atoms with Crippen molar-refractivity contribution in [2.24, 2.45) is 0 Å². The molecule has 114 valence electrons. The van der Waals surface area contributed by atoms with Gasteiger partial charge in [0.15, 0.2) is 0 Å². The fraction of sp³-hybridized carbons (Fsp3) is 0.222. The maximum Gasteiger partial charge on any atom is 0.0493 e.